The van der Waals surface area contributed by atoms with Crippen LogP contribution in [0.15, 0.2) is 48.5 Å². The van der Waals surface area contributed by atoms with Crippen molar-refractivity contribution >= 4 is 5.69 Å². The lowest BCUT2D eigenvalue weighted by Crippen LogP contribution is -2.25. The summed E-state index contributed by atoms with van der Waals surface area (Å²) in [7, 11) is 0. The predicted octanol–water partition coefficient (Wildman–Crippen LogP) is 4.63. The molecule has 0 saturated heterocycles. The van der Waals surface area contributed by atoms with Gasteiger partial charge in [-0.1, -0.05) is 32.9 Å². The van der Waals surface area contributed by atoms with Crippen LogP contribution in [0, 0.1) is 28.1 Å². The van der Waals surface area contributed by atoms with Gasteiger partial charge in [-0.15, -0.1) is 0 Å². The maximum Gasteiger partial charge on any atom is 0.0991 e. The Bertz CT molecular complexity index is 708. The first-order chi connectivity index (χ1) is 10.4. The number of hydrogen-bond donors (Lipinski definition) is 1. The second-order valence-electron chi connectivity index (χ2n) is 6.37. The van der Waals surface area contributed by atoms with Gasteiger partial charge in [0, 0.05) is 5.69 Å². The first-order valence-electron chi connectivity index (χ1n) is 7.21. The van der Waals surface area contributed by atoms with Crippen LogP contribution in [0.25, 0.3) is 0 Å². The van der Waals surface area contributed by atoms with E-state index in [1.165, 1.54) is 0 Å². The Labute approximate surface area is 131 Å². The summed E-state index contributed by atoms with van der Waals surface area (Å²) in [6.07, 6.45) is 0. The SMILES string of the molecule is CC(C)(C)C(Nc1ccc(C#N)cc1)c1ccc(C#N)cc1. The van der Waals surface area contributed by atoms with Gasteiger partial charge in [0.05, 0.1) is 29.3 Å². The van der Waals surface area contributed by atoms with Crippen molar-refractivity contribution in [2.45, 2.75) is 26.8 Å². The van der Waals surface area contributed by atoms with E-state index in [4.69, 9.17) is 10.5 Å². The van der Waals surface area contributed by atoms with E-state index in [2.05, 4.69) is 38.2 Å². The minimum atomic E-state index is 0.00204. The van der Waals surface area contributed by atoms with Gasteiger partial charge in [-0.2, -0.15) is 10.5 Å². The summed E-state index contributed by atoms with van der Waals surface area (Å²) in [5.41, 5.74) is 3.42. The molecule has 2 aromatic rings. The van der Waals surface area contributed by atoms with E-state index >= 15 is 0 Å². The molecule has 0 fully saturated rings. The third-order valence-corrected chi connectivity index (χ3v) is 3.56. The van der Waals surface area contributed by atoms with Crippen LogP contribution in [-0.4, -0.2) is 0 Å². The molecule has 22 heavy (non-hydrogen) atoms. The van der Waals surface area contributed by atoms with Gasteiger partial charge >= 0.3 is 0 Å². The molecule has 3 nitrogen and oxygen atoms in total. The maximum atomic E-state index is 8.92. The zero-order valence-corrected chi connectivity index (χ0v) is 13.1. The van der Waals surface area contributed by atoms with E-state index < -0.39 is 0 Å². The van der Waals surface area contributed by atoms with Gasteiger partial charge in [-0.3, -0.25) is 0 Å². The van der Waals surface area contributed by atoms with E-state index in [-0.39, 0.29) is 11.5 Å². The summed E-state index contributed by atoms with van der Waals surface area (Å²) in [6.45, 7) is 6.52. The van der Waals surface area contributed by atoms with Crippen LogP contribution in [0.1, 0.15) is 43.5 Å². The summed E-state index contributed by atoms with van der Waals surface area (Å²) in [4.78, 5) is 0. The van der Waals surface area contributed by atoms with Crippen molar-refractivity contribution in [1.29, 1.82) is 10.5 Å². The largest absolute Gasteiger partial charge is 0.378 e. The van der Waals surface area contributed by atoms with Crippen LogP contribution < -0.4 is 5.32 Å². The lowest BCUT2D eigenvalue weighted by atomic mass is 9.82. The number of nitrogens with zero attached hydrogens (tertiary/aromatic N) is 2. The van der Waals surface area contributed by atoms with E-state index in [1.54, 1.807) is 12.1 Å². The fraction of sp³-hybridized carbons (Fsp3) is 0.263. The summed E-state index contributed by atoms with van der Waals surface area (Å²) in [6, 6.07) is 19.5. The fourth-order valence-electron chi connectivity index (χ4n) is 2.36. The fourth-order valence-corrected chi connectivity index (χ4v) is 2.36. The number of hydrogen-bond acceptors (Lipinski definition) is 3. The molecule has 3 heteroatoms. The molecule has 2 rings (SSSR count). The molecule has 0 heterocycles. The first-order valence-corrected chi connectivity index (χ1v) is 7.21. The Balaban J connectivity index is 2.30. The third kappa shape index (κ3) is 3.65. The minimum Gasteiger partial charge on any atom is -0.378 e. The van der Waals surface area contributed by atoms with Gasteiger partial charge < -0.3 is 5.32 Å². The van der Waals surface area contributed by atoms with Gasteiger partial charge in [0.25, 0.3) is 0 Å². The Morgan fingerprint density at radius 2 is 1.27 bits per heavy atom. The molecule has 0 bridgehead atoms. The highest BCUT2D eigenvalue weighted by molar-refractivity contribution is 5.49. The van der Waals surface area contributed by atoms with Crippen molar-refractivity contribution in [3.8, 4) is 12.1 Å². The van der Waals surface area contributed by atoms with Crippen molar-refractivity contribution in [2.24, 2.45) is 5.41 Å². The van der Waals surface area contributed by atoms with E-state index in [0.717, 1.165) is 11.3 Å². The number of nitriles is 2. The third-order valence-electron chi connectivity index (χ3n) is 3.56. The molecule has 0 amide bonds. The second kappa shape index (κ2) is 6.33. The molecule has 0 spiro atoms. The summed E-state index contributed by atoms with van der Waals surface area (Å²) in [5.74, 6) is 0. The number of rotatable bonds is 3. The summed E-state index contributed by atoms with van der Waals surface area (Å²) >= 11 is 0. The Morgan fingerprint density at radius 3 is 1.68 bits per heavy atom. The van der Waals surface area contributed by atoms with Crippen molar-refractivity contribution in [3.63, 3.8) is 0 Å². The van der Waals surface area contributed by atoms with Gasteiger partial charge in [-0.05, 0) is 47.4 Å². The second-order valence-corrected chi connectivity index (χ2v) is 6.37. The molecule has 0 saturated carbocycles. The normalized spacial score (nSPS) is 12.0. The van der Waals surface area contributed by atoms with Gasteiger partial charge in [0.15, 0.2) is 0 Å². The topological polar surface area (TPSA) is 59.6 Å². The Morgan fingerprint density at radius 1 is 0.818 bits per heavy atom. The molecule has 0 aliphatic heterocycles. The molecule has 0 aliphatic rings. The van der Waals surface area contributed by atoms with Crippen molar-refractivity contribution in [3.05, 3.63) is 65.2 Å². The van der Waals surface area contributed by atoms with Crippen LogP contribution in [0.4, 0.5) is 5.69 Å². The van der Waals surface area contributed by atoms with Crippen LogP contribution >= 0.6 is 0 Å². The van der Waals surface area contributed by atoms with Gasteiger partial charge in [-0.25, -0.2) is 0 Å². The average molecular weight is 289 g/mol. The quantitative estimate of drug-likeness (QED) is 0.896. The van der Waals surface area contributed by atoms with E-state index in [0.29, 0.717) is 11.1 Å². The smallest absolute Gasteiger partial charge is 0.0991 e. The Hall–Kier alpha value is -2.78. The van der Waals surface area contributed by atoms with Crippen LogP contribution in [-0.2, 0) is 0 Å². The standard InChI is InChI=1S/C19H19N3/c1-19(2,3)18(16-8-4-14(12-20)5-9-16)22-17-10-6-15(13-21)7-11-17/h4-11,18,22H,1-3H3. The first kappa shape index (κ1) is 15.6. The molecule has 1 N–H and O–H groups in total. The van der Waals surface area contributed by atoms with Gasteiger partial charge in [0.2, 0.25) is 0 Å². The average Bonchev–Trinajstić information content (AvgIpc) is 2.52. The monoisotopic (exact) mass is 289 g/mol. The predicted molar refractivity (Wildman–Crippen MR) is 88.1 cm³/mol. The molecular formula is C19H19N3. The molecule has 110 valence electrons. The van der Waals surface area contributed by atoms with Crippen LogP contribution in [0.5, 0.6) is 0 Å². The zero-order chi connectivity index (χ0) is 16.2. The lowest BCUT2D eigenvalue weighted by molar-refractivity contribution is 0.347. The summed E-state index contributed by atoms with van der Waals surface area (Å²) in [5, 5.41) is 21.3. The highest BCUT2D eigenvalue weighted by atomic mass is 14.9. The number of anilines is 1. The van der Waals surface area contributed by atoms with E-state index in [1.807, 2.05) is 36.4 Å². The van der Waals surface area contributed by atoms with Crippen molar-refractivity contribution < 1.29 is 0 Å². The van der Waals surface area contributed by atoms with Crippen LogP contribution in [0.2, 0.25) is 0 Å². The molecule has 2 aromatic carbocycles. The highest BCUT2D eigenvalue weighted by Gasteiger charge is 2.26. The van der Waals surface area contributed by atoms with Crippen LogP contribution in [0.3, 0.4) is 0 Å². The van der Waals surface area contributed by atoms with Gasteiger partial charge in [0.1, 0.15) is 0 Å². The zero-order valence-electron chi connectivity index (χ0n) is 13.1. The van der Waals surface area contributed by atoms with Crippen molar-refractivity contribution in [1.82, 2.24) is 0 Å². The maximum absolute atomic E-state index is 8.92. The molecule has 1 unspecified atom stereocenters. The molecule has 0 radical (unpaired) electrons. The number of nitrogens with one attached hydrogen (secondary N) is 1. The number of benzene rings is 2. The highest BCUT2D eigenvalue weighted by Crippen LogP contribution is 2.35. The Kier molecular flexibility index (Phi) is 4.49. The lowest BCUT2D eigenvalue weighted by Gasteiger charge is -2.33. The van der Waals surface area contributed by atoms with E-state index in [9.17, 15) is 0 Å². The molecule has 0 aliphatic carbocycles. The minimum absolute atomic E-state index is 0.00204. The molecule has 1 atom stereocenters. The van der Waals surface area contributed by atoms with Crippen molar-refractivity contribution in [2.75, 3.05) is 5.32 Å². The molecule has 0 aromatic heterocycles. The molecular weight excluding hydrogens is 270 g/mol. The summed E-state index contributed by atoms with van der Waals surface area (Å²) < 4.78 is 0.